The molecule has 3 heterocycles. The molecule has 1 aromatic rings. The van der Waals surface area contributed by atoms with Crippen molar-refractivity contribution in [1.29, 1.82) is 0 Å². The van der Waals surface area contributed by atoms with Crippen LogP contribution in [-0.2, 0) is 10.0 Å². The highest BCUT2D eigenvalue weighted by Crippen LogP contribution is 2.24. The Morgan fingerprint density at radius 2 is 2.20 bits per heavy atom. The molecule has 0 saturated carbocycles. The van der Waals surface area contributed by atoms with E-state index in [0.717, 1.165) is 0 Å². The van der Waals surface area contributed by atoms with Crippen LogP contribution >= 0.6 is 0 Å². The summed E-state index contributed by atoms with van der Waals surface area (Å²) >= 11 is 0. The summed E-state index contributed by atoms with van der Waals surface area (Å²) in [5.74, 6) is -0.00412. The maximum Gasteiger partial charge on any atom is 0.317 e. The Labute approximate surface area is 116 Å². The van der Waals surface area contributed by atoms with E-state index in [0.29, 0.717) is 13.1 Å². The maximum absolute atomic E-state index is 12.6. The molecule has 0 spiro atoms. The van der Waals surface area contributed by atoms with Crippen LogP contribution in [0.5, 0.6) is 0 Å². The minimum Gasteiger partial charge on any atom is -0.383 e. The lowest BCUT2D eigenvalue weighted by atomic mass is 10.2. The van der Waals surface area contributed by atoms with Crippen LogP contribution < -0.4 is 11.1 Å². The molecule has 8 nitrogen and oxygen atoms in total. The van der Waals surface area contributed by atoms with Gasteiger partial charge >= 0.3 is 6.03 Å². The van der Waals surface area contributed by atoms with Gasteiger partial charge in [0.25, 0.3) is 0 Å². The number of hydrogen-bond donors (Lipinski definition) is 2. The monoisotopic (exact) mass is 297 g/mol. The van der Waals surface area contributed by atoms with Gasteiger partial charge in [-0.15, -0.1) is 0 Å². The molecule has 2 aliphatic rings. The first-order chi connectivity index (χ1) is 9.50. The van der Waals surface area contributed by atoms with Crippen LogP contribution in [0.2, 0.25) is 0 Å². The second kappa shape index (κ2) is 4.60. The van der Waals surface area contributed by atoms with Gasteiger partial charge in [-0.25, -0.2) is 18.2 Å². The van der Waals surface area contributed by atoms with Gasteiger partial charge in [-0.2, -0.15) is 4.31 Å². The number of rotatable bonds is 2. The number of sulfonamides is 1. The fraction of sp³-hybridized carbons (Fsp3) is 0.455. The third-order valence-electron chi connectivity index (χ3n) is 3.61. The SMILES string of the molecule is Nc1ncccc1S(=O)(=O)N1CCN2C(=O)NCC2C1. The third kappa shape index (κ3) is 1.98. The van der Waals surface area contributed by atoms with Crippen LogP contribution in [0.1, 0.15) is 0 Å². The van der Waals surface area contributed by atoms with Crippen molar-refractivity contribution in [2.75, 3.05) is 31.9 Å². The Kier molecular flexibility index (Phi) is 3.02. The van der Waals surface area contributed by atoms with Crippen molar-refractivity contribution in [2.24, 2.45) is 0 Å². The van der Waals surface area contributed by atoms with Gasteiger partial charge in [0.2, 0.25) is 10.0 Å². The third-order valence-corrected chi connectivity index (χ3v) is 5.53. The molecular weight excluding hydrogens is 282 g/mol. The molecular formula is C11H15N5O3S. The van der Waals surface area contributed by atoms with Gasteiger partial charge in [0.1, 0.15) is 10.7 Å². The number of anilines is 1. The number of pyridine rings is 1. The first-order valence-electron chi connectivity index (χ1n) is 6.25. The molecule has 2 saturated heterocycles. The van der Waals surface area contributed by atoms with E-state index < -0.39 is 10.0 Å². The molecule has 1 unspecified atom stereocenters. The minimum absolute atomic E-state index is 0.00412. The number of carbonyl (C=O) groups excluding carboxylic acids is 1. The number of nitrogens with two attached hydrogens (primary N) is 1. The predicted octanol–water partition coefficient (Wildman–Crippen LogP) is -0.938. The highest BCUT2D eigenvalue weighted by atomic mass is 32.2. The van der Waals surface area contributed by atoms with E-state index in [2.05, 4.69) is 10.3 Å². The molecule has 108 valence electrons. The smallest absolute Gasteiger partial charge is 0.317 e. The molecule has 2 aliphatic heterocycles. The van der Waals surface area contributed by atoms with Crippen LogP contribution in [0.4, 0.5) is 10.6 Å². The van der Waals surface area contributed by atoms with Crippen LogP contribution in [0, 0.1) is 0 Å². The van der Waals surface area contributed by atoms with E-state index in [1.807, 2.05) is 0 Å². The number of fused-ring (bicyclic) bond motifs is 1. The predicted molar refractivity (Wildman–Crippen MR) is 71.3 cm³/mol. The molecule has 20 heavy (non-hydrogen) atoms. The Morgan fingerprint density at radius 3 is 2.95 bits per heavy atom. The van der Waals surface area contributed by atoms with Crippen molar-refractivity contribution in [2.45, 2.75) is 10.9 Å². The van der Waals surface area contributed by atoms with Crippen LogP contribution in [0.3, 0.4) is 0 Å². The number of nitrogens with zero attached hydrogens (tertiary/aromatic N) is 3. The van der Waals surface area contributed by atoms with Crippen molar-refractivity contribution in [3.05, 3.63) is 18.3 Å². The average molecular weight is 297 g/mol. The summed E-state index contributed by atoms with van der Waals surface area (Å²) in [6.07, 6.45) is 1.45. The van der Waals surface area contributed by atoms with E-state index in [1.54, 1.807) is 11.0 Å². The van der Waals surface area contributed by atoms with E-state index in [9.17, 15) is 13.2 Å². The topological polar surface area (TPSA) is 109 Å². The summed E-state index contributed by atoms with van der Waals surface area (Å²) in [6, 6.07) is 2.74. The average Bonchev–Trinajstić information content (AvgIpc) is 2.80. The summed E-state index contributed by atoms with van der Waals surface area (Å²) in [4.78, 5) is 17.0. The Bertz CT molecular complexity index is 647. The number of aromatic nitrogens is 1. The Hall–Kier alpha value is -1.87. The maximum atomic E-state index is 12.6. The second-order valence-corrected chi connectivity index (χ2v) is 6.69. The number of nitrogen functional groups attached to an aromatic ring is 1. The summed E-state index contributed by atoms with van der Waals surface area (Å²) in [6.45, 7) is 1.39. The van der Waals surface area contributed by atoms with Gasteiger partial charge < -0.3 is 16.0 Å². The van der Waals surface area contributed by atoms with Gasteiger partial charge in [0.15, 0.2) is 0 Å². The minimum atomic E-state index is -3.67. The van der Waals surface area contributed by atoms with E-state index >= 15 is 0 Å². The number of urea groups is 1. The highest BCUT2D eigenvalue weighted by Gasteiger charge is 2.40. The van der Waals surface area contributed by atoms with E-state index in [4.69, 9.17) is 5.73 Å². The van der Waals surface area contributed by atoms with Crippen molar-refractivity contribution < 1.29 is 13.2 Å². The zero-order valence-electron chi connectivity index (χ0n) is 10.7. The summed E-state index contributed by atoms with van der Waals surface area (Å²) in [5.41, 5.74) is 5.65. The van der Waals surface area contributed by atoms with Gasteiger partial charge in [-0.05, 0) is 12.1 Å². The fourth-order valence-corrected chi connectivity index (χ4v) is 4.09. The number of carbonyl (C=O) groups is 1. The molecule has 2 amide bonds. The van der Waals surface area contributed by atoms with Gasteiger partial charge in [-0.3, -0.25) is 0 Å². The summed E-state index contributed by atoms with van der Waals surface area (Å²) in [5, 5.41) is 2.71. The quantitative estimate of drug-likeness (QED) is 0.732. The van der Waals surface area contributed by atoms with Gasteiger partial charge in [0, 0.05) is 32.4 Å². The molecule has 0 radical (unpaired) electrons. The molecule has 9 heteroatoms. The Balaban J connectivity index is 1.87. The van der Waals surface area contributed by atoms with Crippen molar-refractivity contribution in [3.63, 3.8) is 0 Å². The Morgan fingerprint density at radius 1 is 1.40 bits per heavy atom. The highest BCUT2D eigenvalue weighted by molar-refractivity contribution is 7.89. The first kappa shape index (κ1) is 13.1. The summed E-state index contributed by atoms with van der Waals surface area (Å²) in [7, 11) is -3.67. The molecule has 0 aromatic carbocycles. The van der Waals surface area contributed by atoms with E-state index in [1.165, 1.54) is 16.6 Å². The number of piperazine rings is 1. The number of hydrogen-bond acceptors (Lipinski definition) is 5. The molecule has 1 atom stereocenters. The zero-order chi connectivity index (χ0) is 14.3. The molecule has 3 N–H and O–H groups in total. The van der Waals surface area contributed by atoms with Crippen LogP contribution in [-0.4, -0.2) is 60.9 Å². The van der Waals surface area contributed by atoms with E-state index in [-0.39, 0.29) is 35.9 Å². The van der Waals surface area contributed by atoms with Crippen molar-refractivity contribution in [1.82, 2.24) is 19.5 Å². The van der Waals surface area contributed by atoms with Crippen molar-refractivity contribution >= 4 is 21.9 Å². The van der Waals surface area contributed by atoms with Crippen molar-refractivity contribution in [3.8, 4) is 0 Å². The standard InChI is InChI=1S/C11H15N5O3S/c12-10-9(2-1-3-13-10)20(18,19)15-4-5-16-8(7-15)6-14-11(16)17/h1-3,8H,4-7H2,(H2,12,13)(H,14,17). The lowest BCUT2D eigenvalue weighted by Gasteiger charge is -2.35. The van der Waals surface area contributed by atoms with Crippen LogP contribution in [0.15, 0.2) is 23.2 Å². The second-order valence-electron chi connectivity index (χ2n) is 4.78. The molecule has 2 fully saturated rings. The van der Waals surface area contributed by atoms with Crippen LogP contribution in [0.25, 0.3) is 0 Å². The normalized spacial score (nSPS) is 23.5. The van der Waals surface area contributed by atoms with Gasteiger partial charge in [0.05, 0.1) is 6.04 Å². The molecule has 1 aromatic heterocycles. The zero-order valence-corrected chi connectivity index (χ0v) is 11.5. The lowest BCUT2D eigenvalue weighted by Crippen LogP contribution is -2.53. The fourth-order valence-electron chi connectivity index (χ4n) is 2.55. The molecule has 0 bridgehead atoms. The lowest BCUT2D eigenvalue weighted by molar-refractivity contribution is 0.164. The molecule has 3 rings (SSSR count). The number of nitrogens with one attached hydrogen (secondary N) is 1. The van der Waals surface area contributed by atoms with Gasteiger partial charge in [-0.1, -0.05) is 0 Å². The summed E-state index contributed by atoms with van der Waals surface area (Å²) < 4.78 is 26.5. The largest absolute Gasteiger partial charge is 0.383 e. The number of amides is 2. The first-order valence-corrected chi connectivity index (χ1v) is 7.69. The molecule has 0 aliphatic carbocycles.